The van der Waals surface area contributed by atoms with Crippen LogP contribution in [0.5, 0.6) is 0 Å². The number of hydrogen-bond donors (Lipinski definition) is 1. The highest BCUT2D eigenvalue weighted by Gasteiger charge is 2.41. The summed E-state index contributed by atoms with van der Waals surface area (Å²) in [7, 11) is 0. The van der Waals surface area contributed by atoms with E-state index in [1.165, 1.54) is 57.8 Å². The lowest BCUT2D eigenvalue weighted by Gasteiger charge is -2.47. The quantitative estimate of drug-likeness (QED) is 0.593. The number of thiol groups is 1. The summed E-state index contributed by atoms with van der Waals surface area (Å²) >= 11 is 4.90. The molecule has 0 nitrogen and oxygen atoms in total. The molecule has 0 bridgehead atoms. The third kappa shape index (κ3) is 3.93. The van der Waals surface area contributed by atoms with Crippen LogP contribution in [0.4, 0.5) is 0 Å². The van der Waals surface area contributed by atoms with E-state index in [1.807, 2.05) is 0 Å². The molecule has 2 fully saturated rings. The second-order valence-electron chi connectivity index (χ2n) is 7.57. The third-order valence-corrected chi connectivity index (χ3v) is 6.34. The molecular formula is C18H34S. The van der Waals surface area contributed by atoms with Gasteiger partial charge in [-0.1, -0.05) is 59.3 Å². The Balaban J connectivity index is 2.14. The monoisotopic (exact) mass is 282 g/mol. The molecule has 5 atom stereocenters. The van der Waals surface area contributed by atoms with Crippen LogP contribution in [0.25, 0.3) is 0 Å². The molecule has 0 spiro atoms. The van der Waals surface area contributed by atoms with E-state index in [0.717, 1.165) is 29.6 Å². The van der Waals surface area contributed by atoms with Gasteiger partial charge in [-0.3, -0.25) is 0 Å². The molecule has 1 heteroatoms. The lowest BCUT2D eigenvalue weighted by molar-refractivity contribution is 0.0516. The summed E-state index contributed by atoms with van der Waals surface area (Å²) in [5, 5.41) is 0.584. The van der Waals surface area contributed by atoms with Gasteiger partial charge in [-0.25, -0.2) is 0 Å². The summed E-state index contributed by atoms with van der Waals surface area (Å²) in [4.78, 5) is 0. The van der Waals surface area contributed by atoms with Crippen molar-refractivity contribution in [3.63, 3.8) is 0 Å². The van der Waals surface area contributed by atoms with Gasteiger partial charge in [-0.05, 0) is 48.9 Å². The van der Waals surface area contributed by atoms with Crippen molar-refractivity contribution in [2.24, 2.45) is 29.6 Å². The van der Waals surface area contributed by atoms with Gasteiger partial charge in [-0.2, -0.15) is 12.6 Å². The van der Waals surface area contributed by atoms with E-state index in [1.54, 1.807) is 0 Å². The minimum Gasteiger partial charge on any atom is -0.176 e. The van der Waals surface area contributed by atoms with Crippen LogP contribution >= 0.6 is 12.6 Å². The number of fused-ring (bicyclic) bond motifs is 1. The van der Waals surface area contributed by atoms with Crippen LogP contribution in [-0.4, -0.2) is 5.25 Å². The Morgan fingerprint density at radius 1 is 0.789 bits per heavy atom. The molecule has 5 unspecified atom stereocenters. The summed E-state index contributed by atoms with van der Waals surface area (Å²) in [6.45, 7) is 7.23. The summed E-state index contributed by atoms with van der Waals surface area (Å²) < 4.78 is 0. The summed E-state index contributed by atoms with van der Waals surface area (Å²) in [5.41, 5.74) is 0. The molecule has 0 N–H and O–H groups in total. The van der Waals surface area contributed by atoms with Crippen molar-refractivity contribution >= 4 is 12.6 Å². The lowest BCUT2D eigenvalue weighted by atomic mass is 9.60. The van der Waals surface area contributed by atoms with Crippen molar-refractivity contribution in [1.82, 2.24) is 0 Å². The van der Waals surface area contributed by atoms with Crippen LogP contribution in [-0.2, 0) is 0 Å². The van der Waals surface area contributed by atoms with Crippen LogP contribution < -0.4 is 0 Å². The fraction of sp³-hybridized carbons (Fsp3) is 1.00. The molecule has 0 heterocycles. The number of hydrogen-bond acceptors (Lipinski definition) is 1. The standard InChI is InChI=1S/C18H34S/c1-13(2)16-12-11-15-9-7-5-4-6-8-10-17(15)18(16)14(3)19/h13-19H,4-12H2,1-3H3. The average Bonchev–Trinajstić information content (AvgIpc) is 2.48. The first-order chi connectivity index (χ1) is 9.11. The molecule has 112 valence electrons. The lowest BCUT2D eigenvalue weighted by Crippen LogP contribution is -2.41. The van der Waals surface area contributed by atoms with Gasteiger partial charge < -0.3 is 0 Å². The van der Waals surface area contributed by atoms with Crippen molar-refractivity contribution in [1.29, 1.82) is 0 Å². The summed E-state index contributed by atoms with van der Waals surface area (Å²) in [6.07, 6.45) is 13.4. The third-order valence-electron chi connectivity index (χ3n) is 5.99. The molecule has 0 radical (unpaired) electrons. The maximum absolute atomic E-state index is 4.90. The molecular weight excluding hydrogens is 248 g/mol. The van der Waals surface area contributed by atoms with Gasteiger partial charge in [0.1, 0.15) is 0 Å². The summed E-state index contributed by atoms with van der Waals surface area (Å²) in [6, 6.07) is 0. The van der Waals surface area contributed by atoms with Gasteiger partial charge in [0.05, 0.1) is 0 Å². The normalized spacial score (nSPS) is 39.0. The van der Waals surface area contributed by atoms with Crippen LogP contribution in [0.1, 0.15) is 78.6 Å². The SMILES string of the molecule is CC(C)C1CCC2CCCCCCCC2C1C(C)S. The molecule has 19 heavy (non-hydrogen) atoms. The molecule has 2 aliphatic rings. The van der Waals surface area contributed by atoms with Crippen molar-refractivity contribution in [2.45, 2.75) is 83.8 Å². The van der Waals surface area contributed by atoms with E-state index in [4.69, 9.17) is 12.6 Å². The van der Waals surface area contributed by atoms with Crippen molar-refractivity contribution in [3.05, 3.63) is 0 Å². The van der Waals surface area contributed by atoms with Crippen LogP contribution in [0.2, 0.25) is 0 Å². The van der Waals surface area contributed by atoms with Gasteiger partial charge in [0.25, 0.3) is 0 Å². The predicted octanol–water partition coefficient (Wildman–Crippen LogP) is 5.96. The van der Waals surface area contributed by atoms with E-state index in [2.05, 4.69) is 20.8 Å². The Hall–Kier alpha value is 0.350. The van der Waals surface area contributed by atoms with E-state index in [9.17, 15) is 0 Å². The van der Waals surface area contributed by atoms with Gasteiger partial charge in [0.15, 0.2) is 0 Å². The van der Waals surface area contributed by atoms with Crippen molar-refractivity contribution < 1.29 is 0 Å². The van der Waals surface area contributed by atoms with E-state index < -0.39 is 0 Å². The maximum atomic E-state index is 4.90. The predicted molar refractivity (Wildman–Crippen MR) is 88.8 cm³/mol. The second-order valence-corrected chi connectivity index (χ2v) is 8.39. The highest BCUT2D eigenvalue weighted by atomic mass is 32.1. The molecule has 2 rings (SSSR count). The first kappa shape index (κ1) is 15.7. The Labute approximate surface area is 126 Å². The van der Waals surface area contributed by atoms with Gasteiger partial charge in [-0.15, -0.1) is 0 Å². The van der Waals surface area contributed by atoms with Crippen molar-refractivity contribution in [2.75, 3.05) is 0 Å². The second kappa shape index (κ2) is 7.38. The summed E-state index contributed by atoms with van der Waals surface area (Å²) in [5.74, 6) is 4.64. The zero-order valence-corrected chi connectivity index (χ0v) is 14.2. The highest BCUT2D eigenvalue weighted by molar-refractivity contribution is 7.80. The average molecular weight is 283 g/mol. The zero-order valence-electron chi connectivity index (χ0n) is 13.3. The largest absolute Gasteiger partial charge is 0.176 e. The minimum absolute atomic E-state index is 0.584. The molecule has 0 aromatic carbocycles. The Morgan fingerprint density at radius 2 is 1.42 bits per heavy atom. The Morgan fingerprint density at radius 3 is 2.05 bits per heavy atom. The Bertz CT molecular complexity index is 258. The van der Waals surface area contributed by atoms with Crippen LogP contribution in [0, 0.1) is 29.6 Å². The van der Waals surface area contributed by atoms with E-state index >= 15 is 0 Å². The fourth-order valence-corrected chi connectivity index (χ4v) is 5.48. The molecule has 2 saturated carbocycles. The molecule has 0 amide bonds. The van der Waals surface area contributed by atoms with E-state index in [-0.39, 0.29) is 0 Å². The molecule has 0 aromatic heterocycles. The molecule has 0 aliphatic heterocycles. The van der Waals surface area contributed by atoms with Gasteiger partial charge >= 0.3 is 0 Å². The highest BCUT2D eigenvalue weighted by Crippen LogP contribution is 2.49. The first-order valence-electron chi connectivity index (χ1n) is 8.79. The van der Waals surface area contributed by atoms with Crippen LogP contribution in [0.3, 0.4) is 0 Å². The van der Waals surface area contributed by atoms with Gasteiger partial charge in [0, 0.05) is 5.25 Å². The van der Waals surface area contributed by atoms with Gasteiger partial charge in [0.2, 0.25) is 0 Å². The van der Waals surface area contributed by atoms with Crippen LogP contribution in [0.15, 0.2) is 0 Å². The topological polar surface area (TPSA) is 0 Å². The molecule has 2 aliphatic carbocycles. The maximum Gasteiger partial charge on any atom is 0.00222 e. The molecule has 0 saturated heterocycles. The smallest absolute Gasteiger partial charge is 0.00222 e. The minimum atomic E-state index is 0.584. The first-order valence-corrected chi connectivity index (χ1v) is 9.31. The van der Waals surface area contributed by atoms with E-state index in [0.29, 0.717) is 5.25 Å². The zero-order chi connectivity index (χ0) is 13.8. The number of rotatable bonds is 2. The fourth-order valence-electron chi connectivity index (χ4n) is 5.04. The Kier molecular flexibility index (Phi) is 6.11. The van der Waals surface area contributed by atoms with Crippen molar-refractivity contribution in [3.8, 4) is 0 Å². The molecule has 0 aromatic rings.